The van der Waals surface area contributed by atoms with Crippen molar-refractivity contribution in [2.75, 3.05) is 0 Å². The molecule has 2 heteroatoms. The molecule has 0 aliphatic carbocycles. The van der Waals surface area contributed by atoms with Gasteiger partial charge in [0.2, 0.25) is 0 Å². The first kappa shape index (κ1) is 47.0. The molecule has 0 bridgehead atoms. The zero-order chi connectivity index (χ0) is 51.9. The molecule has 0 fully saturated rings. The fourth-order valence-electron chi connectivity index (χ4n) is 13.3. The third kappa shape index (κ3) is 7.56. The highest BCUT2D eigenvalue weighted by Crippen LogP contribution is 2.50. The maximum absolute atomic E-state index is 2.72. The highest BCUT2D eigenvalue weighted by atomic mass is 28.3. The molecular weight excluding hydrogens is 969 g/mol. The van der Waals surface area contributed by atoms with Crippen molar-refractivity contribution in [3.05, 3.63) is 328 Å². The molecule has 0 amide bonds. The van der Waals surface area contributed by atoms with Crippen LogP contribution in [0.3, 0.4) is 0 Å². The van der Waals surface area contributed by atoms with Gasteiger partial charge < -0.3 is 0 Å². The highest BCUT2D eigenvalue weighted by Gasteiger charge is 2.42. The van der Waals surface area contributed by atoms with Crippen LogP contribution in [0.4, 0.5) is 0 Å². The molecule has 0 saturated carbocycles. The molecule has 0 aliphatic heterocycles. The monoisotopic (exact) mass is 1020 g/mol. The second kappa shape index (κ2) is 19.9. The summed E-state index contributed by atoms with van der Waals surface area (Å²) in [4.78, 5) is 0. The number of hydrogen-bond acceptors (Lipinski definition) is 0. The van der Waals surface area contributed by atoms with E-state index < -0.39 is 16.1 Å². The lowest BCUT2D eigenvalue weighted by Gasteiger charge is -2.34. The van der Waals surface area contributed by atoms with Crippen LogP contribution in [-0.2, 0) is 0 Å². The number of fused-ring (bicyclic) bond motifs is 4. The summed E-state index contributed by atoms with van der Waals surface area (Å²) in [5, 5.41) is 20.9. The van der Waals surface area contributed by atoms with E-state index in [9.17, 15) is 0 Å². The van der Waals surface area contributed by atoms with Crippen molar-refractivity contribution in [3.63, 3.8) is 0 Å². The van der Waals surface area contributed by atoms with Gasteiger partial charge in [-0.2, -0.15) is 0 Å². The SMILES string of the molecule is c1ccc([Si](c2ccccc2)(c2ccccc2)c2ccc(-c3c4ccccc4c(-c4c5ccccc5c(-c5ccc([Si](c6ccccc6)(c6ccccc6)c6ccccc6)cc5)c5ccccc45)c4ccccc34)cc2)cc1. The molecule has 0 saturated heterocycles. The highest BCUT2D eigenvalue weighted by molar-refractivity contribution is 7.20. The lowest BCUT2D eigenvalue weighted by Crippen LogP contribution is -2.74. The van der Waals surface area contributed by atoms with Gasteiger partial charge >= 0.3 is 0 Å². The van der Waals surface area contributed by atoms with Crippen LogP contribution in [0.15, 0.2) is 328 Å². The second-order valence-corrected chi connectivity index (χ2v) is 28.2. The Labute approximate surface area is 458 Å². The third-order valence-corrected chi connectivity index (χ3v) is 26.2. The van der Waals surface area contributed by atoms with Gasteiger partial charge in [0.1, 0.15) is 0 Å². The van der Waals surface area contributed by atoms with Crippen LogP contribution in [0.2, 0.25) is 0 Å². The first-order chi connectivity index (χ1) is 38.7. The van der Waals surface area contributed by atoms with E-state index in [1.165, 1.54) is 118 Å². The molecule has 0 heterocycles. The van der Waals surface area contributed by atoms with Gasteiger partial charge in [-0.05, 0) is 118 Å². The molecule has 0 atom stereocenters. The van der Waals surface area contributed by atoms with E-state index in [-0.39, 0.29) is 0 Å². The van der Waals surface area contributed by atoms with E-state index in [2.05, 4.69) is 328 Å². The Morgan fingerprint density at radius 3 is 0.474 bits per heavy atom. The Balaban J connectivity index is 0.964. The fourth-order valence-corrected chi connectivity index (χ4v) is 22.8. The maximum Gasteiger partial charge on any atom is 0.179 e. The number of hydrogen-bond donors (Lipinski definition) is 0. The van der Waals surface area contributed by atoms with Gasteiger partial charge in [-0.1, -0.05) is 328 Å². The van der Waals surface area contributed by atoms with Gasteiger partial charge in [0.15, 0.2) is 16.1 Å². The molecule has 14 aromatic carbocycles. The molecule has 14 rings (SSSR count). The van der Waals surface area contributed by atoms with E-state index in [0.29, 0.717) is 0 Å². The smallest absolute Gasteiger partial charge is 0.0623 e. The van der Waals surface area contributed by atoms with Gasteiger partial charge in [-0.3, -0.25) is 0 Å². The summed E-state index contributed by atoms with van der Waals surface area (Å²) >= 11 is 0. The predicted molar refractivity (Wildman–Crippen MR) is 340 cm³/mol. The molecule has 0 spiro atoms. The van der Waals surface area contributed by atoms with Crippen LogP contribution in [0.1, 0.15) is 0 Å². The summed E-state index contributed by atoms with van der Waals surface area (Å²) in [7, 11) is -5.44. The number of benzene rings is 14. The molecular formula is C76H54Si2. The summed E-state index contributed by atoms with van der Waals surface area (Å²) in [6.45, 7) is 0. The first-order valence-electron chi connectivity index (χ1n) is 27.2. The minimum Gasteiger partial charge on any atom is -0.0623 e. The van der Waals surface area contributed by atoms with Crippen molar-refractivity contribution in [3.8, 4) is 33.4 Å². The van der Waals surface area contributed by atoms with Crippen LogP contribution >= 0.6 is 0 Å². The van der Waals surface area contributed by atoms with Gasteiger partial charge in [0, 0.05) is 0 Å². The molecule has 14 aromatic rings. The van der Waals surface area contributed by atoms with Gasteiger partial charge in [0.05, 0.1) is 0 Å². The average molecular weight is 1020 g/mol. The minimum absolute atomic E-state index is 1.21. The lowest BCUT2D eigenvalue weighted by molar-refractivity contribution is 1.65. The van der Waals surface area contributed by atoms with Gasteiger partial charge in [-0.15, -0.1) is 0 Å². The molecule has 0 unspecified atom stereocenters. The van der Waals surface area contributed by atoms with Crippen molar-refractivity contribution in [2.45, 2.75) is 0 Å². The van der Waals surface area contributed by atoms with Crippen molar-refractivity contribution in [1.29, 1.82) is 0 Å². The zero-order valence-electron chi connectivity index (χ0n) is 43.2. The van der Waals surface area contributed by atoms with Crippen LogP contribution in [0.5, 0.6) is 0 Å². The van der Waals surface area contributed by atoms with Gasteiger partial charge in [0.25, 0.3) is 0 Å². The molecule has 0 radical (unpaired) electrons. The average Bonchev–Trinajstić information content (AvgIpc) is 3.60. The van der Waals surface area contributed by atoms with Crippen molar-refractivity contribution < 1.29 is 0 Å². The largest absolute Gasteiger partial charge is 0.179 e. The molecule has 0 nitrogen and oxygen atoms in total. The van der Waals surface area contributed by atoms with Crippen molar-refractivity contribution >= 4 is 101 Å². The summed E-state index contributed by atoms with van der Waals surface area (Å²) in [5.74, 6) is 0. The minimum atomic E-state index is -2.72. The standard InChI is InChI=1S/C76H54Si2/c1-7-27-57(28-8-1)77(58-29-9-2-10-30-58,59-31-11-3-12-32-59)63-51-47-55(48-52-63)73-65-39-19-23-43-69(65)75(70-44-24-20-40-66(70)73)76-71-45-25-21-41-67(71)74(68-42-22-26-46-72(68)76)56-49-53-64(54-50-56)78(60-33-13-4-14-34-60,61-35-15-5-16-36-61)62-37-17-6-18-38-62/h1-54H. The quantitative estimate of drug-likeness (QED) is 0.0688. The normalized spacial score (nSPS) is 11.8. The molecule has 0 aliphatic rings. The van der Waals surface area contributed by atoms with E-state index in [1.807, 2.05) is 0 Å². The summed E-state index contributed by atoms with van der Waals surface area (Å²) in [6, 6.07) is 123. The Kier molecular flexibility index (Phi) is 12.0. The Hall–Kier alpha value is -9.45. The van der Waals surface area contributed by atoms with E-state index in [4.69, 9.17) is 0 Å². The van der Waals surface area contributed by atoms with E-state index in [1.54, 1.807) is 0 Å². The molecule has 0 N–H and O–H groups in total. The van der Waals surface area contributed by atoms with E-state index >= 15 is 0 Å². The fraction of sp³-hybridized carbons (Fsp3) is 0. The summed E-state index contributed by atoms with van der Waals surface area (Å²) in [6.07, 6.45) is 0. The van der Waals surface area contributed by atoms with Crippen LogP contribution in [0.25, 0.3) is 76.5 Å². The van der Waals surface area contributed by atoms with E-state index in [0.717, 1.165) is 0 Å². The van der Waals surface area contributed by atoms with Crippen molar-refractivity contribution in [2.24, 2.45) is 0 Å². The zero-order valence-corrected chi connectivity index (χ0v) is 45.2. The second-order valence-electron chi connectivity index (χ2n) is 20.5. The Bertz CT molecular complexity index is 3830. The Morgan fingerprint density at radius 1 is 0.128 bits per heavy atom. The van der Waals surface area contributed by atoms with Crippen LogP contribution in [-0.4, -0.2) is 16.1 Å². The molecule has 78 heavy (non-hydrogen) atoms. The third-order valence-electron chi connectivity index (χ3n) is 16.6. The van der Waals surface area contributed by atoms with Gasteiger partial charge in [-0.25, -0.2) is 0 Å². The first-order valence-corrected chi connectivity index (χ1v) is 31.2. The van der Waals surface area contributed by atoms with Crippen LogP contribution in [0, 0.1) is 0 Å². The topological polar surface area (TPSA) is 0 Å². The lowest BCUT2D eigenvalue weighted by atomic mass is 9.81. The predicted octanol–water partition coefficient (Wildman–Crippen LogP) is 14.1. The van der Waals surface area contributed by atoms with Crippen LogP contribution < -0.4 is 41.5 Å². The summed E-state index contributed by atoms with van der Waals surface area (Å²) in [5.41, 5.74) is 7.47. The summed E-state index contributed by atoms with van der Waals surface area (Å²) < 4.78 is 0. The van der Waals surface area contributed by atoms with Crippen molar-refractivity contribution in [1.82, 2.24) is 0 Å². The maximum atomic E-state index is 2.44. The Morgan fingerprint density at radius 2 is 0.282 bits per heavy atom. The molecule has 366 valence electrons. The number of rotatable bonds is 11. The molecule has 0 aromatic heterocycles.